The third-order valence-corrected chi connectivity index (χ3v) is 4.98. The Morgan fingerprint density at radius 2 is 1.90 bits per heavy atom. The van der Waals surface area contributed by atoms with Crippen molar-refractivity contribution in [2.75, 3.05) is 6.54 Å². The van der Waals surface area contributed by atoms with Crippen LogP contribution in [0.2, 0.25) is 0 Å². The van der Waals surface area contributed by atoms with E-state index in [-0.39, 0.29) is 6.04 Å². The molecule has 1 aromatic rings. The number of benzene rings is 1. The molecule has 0 radical (unpaired) electrons. The molecule has 3 unspecified atom stereocenters. The van der Waals surface area contributed by atoms with Gasteiger partial charge in [0.2, 0.25) is 0 Å². The number of hydrogen-bond acceptors (Lipinski definition) is 2. The molecule has 0 bridgehead atoms. The molecule has 21 heavy (non-hydrogen) atoms. The van der Waals surface area contributed by atoms with Gasteiger partial charge in [-0.1, -0.05) is 37.5 Å². The summed E-state index contributed by atoms with van der Waals surface area (Å²) >= 11 is 0. The largest absolute Gasteiger partial charge is 0.389 e. The summed E-state index contributed by atoms with van der Waals surface area (Å²) in [5.74, 6) is 0.642. The first-order valence-corrected chi connectivity index (χ1v) is 8.34. The zero-order valence-electron chi connectivity index (χ0n) is 14.3. The molecule has 2 heteroatoms. The van der Waals surface area contributed by atoms with E-state index in [1.165, 1.54) is 28.7 Å². The van der Waals surface area contributed by atoms with Gasteiger partial charge in [0.25, 0.3) is 0 Å². The molecule has 3 atom stereocenters. The first-order chi connectivity index (χ1) is 9.81. The first-order valence-electron chi connectivity index (χ1n) is 8.34. The second kappa shape index (κ2) is 6.50. The fourth-order valence-electron chi connectivity index (χ4n) is 4.11. The number of rotatable bonds is 4. The van der Waals surface area contributed by atoms with Crippen molar-refractivity contribution in [1.29, 1.82) is 0 Å². The van der Waals surface area contributed by atoms with Gasteiger partial charge < -0.3 is 10.4 Å². The zero-order chi connectivity index (χ0) is 15.6. The second-order valence-electron chi connectivity index (χ2n) is 7.34. The normalized spacial score (nSPS) is 27.6. The zero-order valence-corrected chi connectivity index (χ0v) is 14.3. The molecule has 0 saturated heterocycles. The molecule has 0 aliphatic heterocycles. The Morgan fingerprint density at radius 3 is 2.48 bits per heavy atom. The number of aryl methyl sites for hydroxylation is 3. The van der Waals surface area contributed by atoms with E-state index in [0.29, 0.717) is 12.5 Å². The van der Waals surface area contributed by atoms with Gasteiger partial charge in [0.05, 0.1) is 5.60 Å². The summed E-state index contributed by atoms with van der Waals surface area (Å²) in [6, 6.07) is 4.78. The van der Waals surface area contributed by atoms with Gasteiger partial charge in [0.15, 0.2) is 0 Å². The van der Waals surface area contributed by atoms with Crippen molar-refractivity contribution in [1.82, 2.24) is 5.32 Å². The van der Waals surface area contributed by atoms with Crippen LogP contribution in [0.25, 0.3) is 0 Å². The van der Waals surface area contributed by atoms with Gasteiger partial charge in [0.1, 0.15) is 0 Å². The molecule has 1 aliphatic carbocycles. The lowest BCUT2D eigenvalue weighted by molar-refractivity contribution is -0.0134. The van der Waals surface area contributed by atoms with E-state index in [4.69, 9.17) is 0 Å². The van der Waals surface area contributed by atoms with Crippen LogP contribution in [0.1, 0.15) is 67.8 Å². The van der Waals surface area contributed by atoms with Crippen LogP contribution in [-0.2, 0) is 0 Å². The number of hydrogen-bond donors (Lipinski definition) is 2. The van der Waals surface area contributed by atoms with E-state index in [9.17, 15) is 5.11 Å². The molecule has 1 saturated carbocycles. The molecule has 2 nitrogen and oxygen atoms in total. The average molecular weight is 289 g/mol. The maximum absolute atomic E-state index is 10.8. The van der Waals surface area contributed by atoms with Crippen LogP contribution in [0.3, 0.4) is 0 Å². The van der Waals surface area contributed by atoms with Crippen molar-refractivity contribution in [3.63, 3.8) is 0 Å². The molecule has 2 rings (SSSR count). The third-order valence-electron chi connectivity index (χ3n) is 4.98. The van der Waals surface area contributed by atoms with E-state index in [1.807, 2.05) is 0 Å². The van der Waals surface area contributed by atoms with Gasteiger partial charge >= 0.3 is 0 Å². The van der Waals surface area contributed by atoms with Crippen LogP contribution in [-0.4, -0.2) is 17.3 Å². The summed E-state index contributed by atoms with van der Waals surface area (Å²) in [6.07, 6.45) is 4.27. The maximum atomic E-state index is 10.8. The van der Waals surface area contributed by atoms with Crippen LogP contribution in [0.15, 0.2) is 12.1 Å². The highest BCUT2D eigenvalue weighted by Crippen LogP contribution is 2.32. The van der Waals surface area contributed by atoms with Gasteiger partial charge in [-0.05, 0) is 63.1 Å². The lowest BCUT2D eigenvalue weighted by Gasteiger charge is -2.37. The van der Waals surface area contributed by atoms with Crippen molar-refractivity contribution >= 4 is 0 Å². The predicted molar refractivity (Wildman–Crippen MR) is 89.7 cm³/mol. The topological polar surface area (TPSA) is 32.3 Å². The molecular formula is C19H31NO. The monoisotopic (exact) mass is 289 g/mol. The average Bonchev–Trinajstić information content (AvgIpc) is 2.35. The fraction of sp³-hybridized carbons (Fsp3) is 0.684. The van der Waals surface area contributed by atoms with Crippen molar-refractivity contribution in [2.24, 2.45) is 5.92 Å². The first kappa shape index (κ1) is 16.5. The molecule has 0 amide bonds. The minimum atomic E-state index is -0.515. The van der Waals surface area contributed by atoms with Gasteiger partial charge in [-0.2, -0.15) is 0 Å². The molecular weight excluding hydrogens is 258 g/mol. The summed E-state index contributed by atoms with van der Waals surface area (Å²) in [5.41, 5.74) is 4.88. The molecule has 1 aromatic carbocycles. The lowest BCUT2D eigenvalue weighted by atomic mass is 9.78. The van der Waals surface area contributed by atoms with Crippen molar-refractivity contribution in [3.8, 4) is 0 Å². The van der Waals surface area contributed by atoms with Gasteiger partial charge in [-0.25, -0.2) is 0 Å². The van der Waals surface area contributed by atoms with Crippen LogP contribution >= 0.6 is 0 Å². The SMILES string of the molecule is Cc1cc(C)c(C(C)NCC2(O)CCCC(C)C2)c(C)c1. The molecule has 0 aromatic heterocycles. The summed E-state index contributed by atoms with van der Waals surface area (Å²) in [5, 5.41) is 14.3. The van der Waals surface area contributed by atoms with Crippen LogP contribution in [0, 0.1) is 26.7 Å². The Bertz CT molecular complexity index is 473. The summed E-state index contributed by atoms with van der Waals surface area (Å²) in [6.45, 7) is 11.7. The highest BCUT2D eigenvalue weighted by Gasteiger charge is 2.32. The molecule has 2 N–H and O–H groups in total. The van der Waals surface area contributed by atoms with Gasteiger partial charge in [-0.3, -0.25) is 0 Å². The van der Waals surface area contributed by atoms with E-state index < -0.39 is 5.60 Å². The summed E-state index contributed by atoms with van der Waals surface area (Å²) in [7, 11) is 0. The summed E-state index contributed by atoms with van der Waals surface area (Å²) < 4.78 is 0. The molecule has 1 aliphatic rings. The van der Waals surface area contributed by atoms with Gasteiger partial charge in [-0.15, -0.1) is 0 Å². The van der Waals surface area contributed by atoms with E-state index in [2.05, 4.69) is 52.1 Å². The Kier molecular flexibility index (Phi) is 5.11. The molecule has 0 heterocycles. The summed E-state index contributed by atoms with van der Waals surface area (Å²) in [4.78, 5) is 0. The van der Waals surface area contributed by atoms with Crippen LogP contribution in [0.5, 0.6) is 0 Å². The van der Waals surface area contributed by atoms with Crippen molar-refractivity contribution in [2.45, 2.75) is 71.9 Å². The highest BCUT2D eigenvalue weighted by molar-refractivity contribution is 5.39. The van der Waals surface area contributed by atoms with Crippen LogP contribution in [0.4, 0.5) is 0 Å². The molecule has 0 spiro atoms. The predicted octanol–water partition coefficient (Wildman–Crippen LogP) is 4.20. The quantitative estimate of drug-likeness (QED) is 0.870. The Balaban J connectivity index is 2.03. The third kappa shape index (κ3) is 4.08. The lowest BCUT2D eigenvalue weighted by Crippen LogP contribution is -2.44. The Morgan fingerprint density at radius 1 is 1.29 bits per heavy atom. The van der Waals surface area contributed by atoms with Crippen molar-refractivity contribution in [3.05, 3.63) is 34.4 Å². The second-order valence-corrected chi connectivity index (χ2v) is 7.34. The minimum absolute atomic E-state index is 0.284. The van der Waals surface area contributed by atoms with E-state index in [1.54, 1.807) is 0 Å². The Hall–Kier alpha value is -0.860. The maximum Gasteiger partial charge on any atom is 0.0774 e. The van der Waals surface area contributed by atoms with Crippen molar-refractivity contribution < 1.29 is 5.11 Å². The number of nitrogens with one attached hydrogen (secondary N) is 1. The number of aliphatic hydroxyl groups is 1. The van der Waals surface area contributed by atoms with E-state index in [0.717, 1.165) is 19.3 Å². The molecule has 118 valence electrons. The van der Waals surface area contributed by atoms with E-state index >= 15 is 0 Å². The minimum Gasteiger partial charge on any atom is -0.389 e. The van der Waals surface area contributed by atoms with Gasteiger partial charge in [0, 0.05) is 12.6 Å². The van der Waals surface area contributed by atoms with Crippen LogP contribution < -0.4 is 5.32 Å². The standard InChI is InChI=1S/C19H31NO/c1-13-7-6-8-19(21,11-13)12-20-17(5)18-15(3)9-14(2)10-16(18)4/h9-10,13,17,20-21H,6-8,11-12H2,1-5H3. The molecule has 1 fully saturated rings. The fourth-order valence-corrected chi connectivity index (χ4v) is 4.11. The smallest absolute Gasteiger partial charge is 0.0774 e. The highest BCUT2D eigenvalue weighted by atomic mass is 16.3. The Labute approximate surface area is 130 Å².